The van der Waals surface area contributed by atoms with Crippen molar-refractivity contribution in [2.24, 2.45) is 18.9 Å². The summed E-state index contributed by atoms with van der Waals surface area (Å²) in [6.45, 7) is 0. The van der Waals surface area contributed by atoms with E-state index in [1.54, 1.807) is 6.20 Å². The topological polar surface area (TPSA) is 55.1 Å². The van der Waals surface area contributed by atoms with Crippen LogP contribution in [0.3, 0.4) is 0 Å². The van der Waals surface area contributed by atoms with Crippen LogP contribution < -0.4 is 0 Å². The van der Waals surface area contributed by atoms with Crippen LogP contribution in [0.2, 0.25) is 0 Å². The second kappa shape index (κ2) is 2.62. The fraction of sp³-hybridized carbons (Fsp3) is 0.636. The lowest BCUT2D eigenvalue weighted by molar-refractivity contribution is -0.143. The molecule has 2 bridgehead atoms. The van der Waals surface area contributed by atoms with E-state index < -0.39 is 5.97 Å². The third kappa shape index (κ3) is 0.967. The summed E-state index contributed by atoms with van der Waals surface area (Å²) in [5.74, 6) is 0.702. The molecule has 15 heavy (non-hydrogen) atoms. The molecule has 1 unspecified atom stereocenters. The van der Waals surface area contributed by atoms with Crippen molar-refractivity contribution in [3.63, 3.8) is 0 Å². The molecule has 1 aromatic heterocycles. The number of imidazole rings is 1. The number of hydrogen-bond donors (Lipinski definition) is 1. The highest BCUT2D eigenvalue weighted by atomic mass is 16.4. The van der Waals surface area contributed by atoms with Gasteiger partial charge in [0, 0.05) is 24.9 Å². The van der Waals surface area contributed by atoms with Crippen molar-refractivity contribution < 1.29 is 9.90 Å². The van der Waals surface area contributed by atoms with Crippen LogP contribution in [0.25, 0.3) is 0 Å². The summed E-state index contributed by atoms with van der Waals surface area (Å²) in [6, 6.07) is 0. The minimum Gasteiger partial charge on any atom is -0.481 e. The van der Waals surface area contributed by atoms with Gasteiger partial charge < -0.3 is 9.67 Å². The maximum absolute atomic E-state index is 11.2. The Morgan fingerprint density at radius 1 is 1.67 bits per heavy atom. The lowest BCUT2D eigenvalue weighted by atomic mass is 9.66. The van der Waals surface area contributed by atoms with Gasteiger partial charge in [0.05, 0.1) is 5.92 Å². The molecule has 1 heterocycles. The van der Waals surface area contributed by atoms with Crippen LogP contribution in [-0.2, 0) is 17.3 Å². The zero-order valence-electron chi connectivity index (χ0n) is 8.68. The monoisotopic (exact) mass is 206 g/mol. The van der Waals surface area contributed by atoms with Gasteiger partial charge in [-0.2, -0.15) is 0 Å². The number of rotatable bonds is 2. The van der Waals surface area contributed by atoms with Crippen molar-refractivity contribution in [1.82, 2.24) is 9.55 Å². The Balaban J connectivity index is 2.04. The Kier molecular flexibility index (Phi) is 1.56. The number of aliphatic carboxylic acids is 1. The molecule has 4 nitrogen and oxygen atoms in total. The first-order valence-electron chi connectivity index (χ1n) is 5.34. The number of carboxylic acid groups (broad SMARTS) is 1. The second-order valence-electron chi connectivity index (χ2n) is 4.92. The first kappa shape index (κ1) is 8.95. The molecule has 3 fully saturated rings. The molecule has 0 aromatic carbocycles. The van der Waals surface area contributed by atoms with Gasteiger partial charge in [-0.25, -0.2) is 4.98 Å². The van der Waals surface area contributed by atoms with Crippen molar-refractivity contribution in [2.75, 3.05) is 0 Å². The molecule has 1 aromatic rings. The van der Waals surface area contributed by atoms with Gasteiger partial charge in [0.25, 0.3) is 0 Å². The molecular formula is C11H14N2O2. The van der Waals surface area contributed by atoms with Gasteiger partial charge in [-0.1, -0.05) is 0 Å². The second-order valence-corrected chi connectivity index (χ2v) is 4.92. The van der Waals surface area contributed by atoms with Gasteiger partial charge in [-0.3, -0.25) is 4.79 Å². The Morgan fingerprint density at radius 3 is 2.93 bits per heavy atom. The molecule has 1 atom stereocenters. The number of aromatic nitrogens is 2. The minimum atomic E-state index is -0.655. The van der Waals surface area contributed by atoms with Crippen LogP contribution in [0.4, 0.5) is 0 Å². The fourth-order valence-electron chi connectivity index (χ4n) is 3.50. The van der Waals surface area contributed by atoms with Gasteiger partial charge in [0.15, 0.2) is 0 Å². The van der Waals surface area contributed by atoms with Crippen molar-refractivity contribution in [3.8, 4) is 0 Å². The summed E-state index contributed by atoms with van der Waals surface area (Å²) in [5.41, 5.74) is -0.158. The van der Waals surface area contributed by atoms with E-state index in [0.717, 1.165) is 25.1 Å². The molecule has 1 N–H and O–H groups in total. The number of aryl methyl sites for hydroxylation is 1. The van der Waals surface area contributed by atoms with Crippen LogP contribution in [0.1, 0.15) is 25.1 Å². The molecule has 3 aliphatic rings. The van der Waals surface area contributed by atoms with Gasteiger partial charge in [0.1, 0.15) is 5.82 Å². The molecule has 3 saturated carbocycles. The highest BCUT2D eigenvalue weighted by Gasteiger charge is 2.62. The summed E-state index contributed by atoms with van der Waals surface area (Å²) in [7, 11) is 1.95. The zero-order chi connectivity index (χ0) is 10.6. The maximum atomic E-state index is 11.2. The van der Waals surface area contributed by atoms with Gasteiger partial charge in [0.2, 0.25) is 0 Å². The fourth-order valence-corrected chi connectivity index (χ4v) is 3.50. The lowest BCUT2D eigenvalue weighted by Crippen LogP contribution is -2.41. The largest absolute Gasteiger partial charge is 0.481 e. The van der Waals surface area contributed by atoms with E-state index >= 15 is 0 Å². The predicted molar refractivity (Wildman–Crippen MR) is 53.4 cm³/mol. The quantitative estimate of drug-likeness (QED) is 0.790. The standard InChI is InChI=1S/C11H14N2O2/c1-13-3-2-12-10(13)11-5-7(6-11)4-8(11)9(14)15/h2-3,7-8H,4-6H2,1H3,(H,14,15). The molecule has 80 valence electrons. The number of nitrogens with zero attached hydrogens (tertiary/aromatic N) is 2. The number of fused-ring (bicyclic) bond motifs is 1. The first-order valence-corrected chi connectivity index (χ1v) is 5.34. The molecule has 0 radical (unpaired) electrons. The highest BCUT2D eigenvalue weighted by Crippen LogP contribution is 2.62. The Hall–Kier alpha value is -1.32. The summed E-state index contributed by atoms with van der Waals surface area (Å²) >= 11 is 0. The highest BCUT2D eigenvalue weighted by molar-refractivity contribution is 5.74. The Labute approximate surface area is 87.9 Å². The maximum Gasteiger partial charge on any atom is 0.307 e. The van der Waals surface area contributed by atoms with E-state index in [0.29, 0.717) is 5.92 Å². The molecule has 3 aliphatic carbocycles. The molecule has 4 heteroatoms. The lowest BCUT2D eigenvalue weighted by Gasteiger charge is -2.39. The van der Waals surface area contributed by atoms with Crippen LogP contribution >= 0.6 is 0 Å². The molecule has 0 spiro atoms. The molecular weight excluding hydrogens is 192 g/mol. The normalized spacial score (nSPS) is 37.7. The van der Waals surface area contributed by atoms with Crippen molar-refractivity contribution in [3.05, 3.63) is 18.2 Å². The van der Waals surface area contributed by atoms with Gasteiger partial charge in [-0.15, -0.1) is 0 Å². The predicted octanol–water partition coefficient (Wildman–Crippen LogP) is 1.17. The van der Waals surface area contributed by atoms with Crippen molar-refractivity contribution in [1.29, 1.82) is 0 Å². The van der Waals surface area contributed by atoms with E-state index in [1.807, 2.05) is 17.8 Å². The SMILES string of the molecule is Cn1ccnc1C12CC(CC1C(=O)O)C2. The summed E-state index contributed by atoms with van der Waals surface area (Å²) < 4.78 is 1.97. The third-order valence-corrected chi connectivity index (χ3v) is 4.11. The average Bonchev–Trinajstić information content (AvgIpc) is 2.72. The van der Waals surface area contributed by atoms with Gasteiger partial charge in [-0.05, 0) is 25.2 Å². The van der Waals surface area contributed by atoms with Crippen LogP contribution in [-0.4, -0.2) is 20.6 Å². The number of carbonyl (C=O) groups is 1. The third-order valence-electron chi connectivity index (χ3n) is 4.11. The molecule has 0 amide bonds. The van der Waals surface area contributed by atoms with E-state index in [-0.39, 0.29) is 11.3 Å². The zero-order valence-corrected chi connectivity index (χ0v) is 8.68. The summed E-state index contributed by atoms with van der Waals surface area (Å²) in [4.78, 5) is 15.6. The Morgan fingerprint density at radius 2 is 2.40 bits per heavy atom. The minimum absolute atomic E-state index is 0.158. The van der Waals surface area contributed by atoms with E-state index in [4.69, 9.17) is 0 Å². The first-order chi connectivity index (χ1) is 7.13. The number of hydrogen-bond acceptors (Lipinski definition) is 2. The van der Waals surface area contributed by atoms with E-state index in [2.05, 4.69) is 4.98 Å². The van der Waals surface area contributed by atoms with E-state index in [1.165, 1.54) is 0 Å². The average molecular weight is 206 g/mol. The molecule has 4 rings (SSSR count). The molecule has 0 aliphatic heterocycles. The van der Waals surface area contributed by atoms with Crippen LogP contribution in [0.15, 0.2) is 12.4 Å². The summed E-state index contributed by atoms with van der Waals surface area (Å²) in [6.07, 6.45) is 6.51. The van der Waals surface area contributed by atoms with Crippen LogP contribution in [0.5, 0.6) is 0 Å². The van der Waals surface area contributed by atoms with Crippen molar-refractivity contribution >= 4 is 5.97 Å². The molecule has 0 saturated heterocycles. The van der Waals surface area contributed by atoms with Gasteiger partial charge >= 0.3 is 5.97 Å². The van der Waals surface area contributed by atoms with Crippen LogP contribution in [0, 0.1) is 11.8 Å². The number of carboxylic acids is 1. The van der Waals surface area contributed by atoms with Crippen molar-refractivity contribution in [2.45, 2.75) is 24.7 Å². The summed E-state index contributed by atoms with van der Waals surface area (Å²) in [5, 5.41) is 9.23. The Bertz CT molecular complexity index is 418. The van der Waals surface area contributed by atoms with E-state index in [9.17, 15) is 9.90 Å². The smallest absolute Gasteiger partial charge is 0.307 e.